The molecular formula is C16H29N2O2+. The molecule has 4 nitrogen and oxygen atoms in total. The van der Waals surface area contributed by atoms with Crippen molar-refractivity contribution in [3.05, 3.63) is 17.7 Å². The molecule has 1 aromatic heterocycles. The fraction of sp³-hybridized carbons (Fsp3) is 0.750. The van der Waals surface area contributed by atoms with Crippen LogP contribution in [0.25, 0.3) is 0 Å². The lowest BCUT2D eigenvalue weighted by Gasteiger charge is -2.03. The molecule has 114 valence electrons. The average Bonchev–Trinajstić information content (AvgIpc) is 2.68. The summed E-state index contributed by atoms with van der Waals surface area (Å²) in [7, 11) is 0. The van der Waals surface area contributed by atoms with Gasteiger partial charge in [0.05, 0.1) is 6.54 Å². The van der Waals surface area contributed by atoms with Crippen molar-refractivity contribution in [1.29, 1.82) is 0 Å². The maximum absolute atomic E-state index is 10.9. The molecule has 0 amide bonds. The van der Waals surface area contributed by atoms with E-state index in [0.717, 1.165) is 30.9 Å². The molecule has 0 atom stereocenters. The number of aromatic nitrogens is 2. The summed E-state index contributed by atoms with van der Waals surface area (Å²) in [6.07, 6.45) is 10.5. The van der Waals surface area contributed by atoms with E-state index in [0.29, 0.717) is 0 Å². The number of hydrogen-bond donors (Lipinski definition) is 1. The van der Waals surface area contributed by atoms with Crippen LogP contribution in [0.2, 0.25) is 0 Å². The highest BCUT2D eigenvalue weighted by molar-refractivity contribution is 5.64. The molecule has 0 aromatic carbocycles. The average molecular weight is 281 g/mol. The van der Waals surface area contributed by atoms with Crippen LogP contribution in [-0.2, 0) is 24.3 Å². The van der Waals surface area contributed by atoms with Crippen molar-refractivity contribution in [2.45, 2.75) is 78.8 Å². The van der Waals surface area contributed by atoms with Gasteiger partial charge < -0.3 is 5.11 Å². The van der Waals surface area contributed by atoms with Crippen LogP contribution < -0.4 is 4.57 Å². The summed E-state index contributed by atoms with van der Waals surface area (Å²) in [6, 6.07) is 0. The third kappa shape index (κ3) is 4.99. The maximum Gasteiger partial charge on any atom is 0.346 e. The predicted octanol–water partition coefficient (Wildman–Crippen LogP) is 3.09. The van der Waals surface area contributed by atoms with Gasteiger partial charge in [-0.15, -0.1) is 0 Å². The Morgan fingerprint density at radius 2 is 1.85 bits per heavy atom. The monoisotopic (exact) mass is 281 g/mol. The Morgan fingerprint density at radius 3 is 2.45 bits per heavy atom. The van der Waals surface area contributed by atoms with Gasteiger partial charge in [0.25, 0.3) is 5.82 Å². The minimum atomic E-state index is -0.771. The lowest BCUT2D eigenvalue weighted by molar-refractivity contribution is -0.693. The van der Waals surface area contributed by atoms with Crippen molar-refractivity contribution in [2.24, 2.45) is 0 Å². The summed E-state index contributed by atoms with van der Waals surface area (Å²) in [5.74, 6) is 0.385. The third-order valence-electron chi connectivity index (χ3n) is 3.79. The van der Waals surface area contributed by atoms with Crippen LogP contribution >= 0.6 is 0 Å². The maximum atomic E-state index is 10.9. The first-order valence-electron chi connectivity index (χ1n) is 7.90. The van der Waals surface area contributed by atoms with E-state index in [1.807, 2.05) is 17.7 Å². The van der Waals surface area contributed by atoms with E-state index >= 15 is 0 Å². The number of rotatable bonds is 10. The number of imidazole rings is 1. The fourth-order valence-corrected chi connectivity index (χ4v) is 2.78. The lowest BCUT2D eigenvalue weighted by Crippen LogP contribution is -2.40. The molecule has 0 unspecified atom stereocenters. The second-order valence-electron chi connectivity index (χ2n) is 5.47. The quantitative estimate of drug-likeness (QED) is 0.529. The number of aliphatic carboxylic acids is 1. The highest BCUT2D eigenvalue weighted by Gasteiger charge is 2.20. The first-order valence-corrected chi connectivity index (χ1v) is 7.90. The molecule has 0 radical (unpaired) electrons. The van der Waals surface area contributed by atoms with Crippen molar-refractivity contribution < 1.29 is 14.5 Å². The summed E-state index contributed by atoms with van der Waals surface area (Å²) in [6.45, 7) is 7.36. The zero-order chi connectivity index (χ0) is 15.0. The fourth-order valence-electron chi connectivity index (χ4n) is 2.78. The van der Waals surface area contributed by atoms with Gasteiger partial charge in [-0.2, -0.15) is 0 Å². The van der Waals surface area contributed by atoms with E-state index in [1.165, 1.54) is 32.1 Å². The second kappa shape index (κ2) is 8.77. The number of hydrogen-bond acceptors (Lipinski definition) is 1. The van der Waals surface area contributed by atoms with E-state index in [-0.39, 0.29) is 6.54 Å². The van der Waals surface area contributed by atoms with Crippen LogP contribution in [0.5, 0.6) is 0 Å². The van der Waals surface area contributed by atoms with Gasteiger partial charge in [-0.25, -0.2) is 13.9 Å². The van der Waals surface area contributed by atoms with Crippen LogP contribution in [0, 0.1) is 6.92 Å². The van der Waals surface area contributed by atoms with Crippen molar-refractivity contribution in [2.75, 3.05) is 0 Å². The molecule has 1 aromatic rings. The molecule has 0 spiro atoms. The highest BCUT2D eigenvalue weighted by Crippen LogP contribution is 2.10. The largest absolute Gasteiger partial charge is 0.478 e. The van der Waals surface area contributed by atoms with Gasteiger partial charge in [-0.05, 0) is 13.3 Å². The number of nitrogens with zero attached hydrogens (tertiary/aromatic N) is 2. The molecule has 1 heterocycles. The molecule has 4 heteroatoms. The standard InChI is InChI=1S/C16H28N2O2/c1-4-6-7-8-9-10-11-15-17(13-16(19)20)12-14(3)18(15)5-2/h12H,4-11,13H2,1-3H3/p+1. The van der Waals surface area contributed by atoms with Gasteiger partial charge >= 0.3 is 5.97 Å². The third-order valence-corrected chi connectivity index (χ3v) is 3.79. The van der Waals surface area contributed by atoms with Crippen molar-refractivity contribution in [3.63, 3.8) is 0 Å². The summed E-state index contributed by atoms with van der Waals surface area (Å²) in [5.41, 5.74) is 1.15. The number of aryl methyl sites for hydroxylation is 1. The Bertz CT molecular complexity index is 424. The van der Waals surface area contributed by atoms with Crippen molar-refractivity contribution >= 4 is 5.97 Å². The Morgan fingerprint density at radius 1 is 1.20 bits per heavy atom. The zero-order valence-corrected chi connectivity index (χ0v) is 13.2. The summed E-state index contributed by atoms with van der Waals surface area (Å²) >= 11 is 0. The first-order chi connectivity index (χ1) is 9.60. The summed E-state index contributed by atoms with van der Waals surface area (Å²) in [4.78, 5) is 10.9. The topological polar surface area (TPSA) is 46.1 Å². The normalized spacial score (nSPS) is 10.9. The van der Waals surface area contributed by atoms with Gasteiger partial charge in [0.2, 0.25) is 0 Å². The molecule has 0 aliphatic carbocycles. The lowest BCUT2D eigenvalue weighted by atomic mass is 10.1. The van der Waals surface area contributed by atoms with E-state index in [9.17, 15) is 4.79 Å². The molecule has 0 aliphatic rings. The molecule has 0 saturated heterocycles. The molecule has 0 aliphatic heterocycles. The highest BCUT2D eigenvalue weighted by atomic mass is 16.4. The number of unbranched alkanes of at least 4 members (excludes halogenated alkanes) is 5. The Labute approximate surface area is 122 Å². The zero-order valence-electron chi connectivity index (χ0n) is 13.2. The minimum absolute atomic E-state index is 0.0685. The second-order valence-corrected chi connectivity index (χ2v) is 5.47. The number of carboxylic acids is 1. The van der Waals surface area contributed by atoms with Crippen LogP contribution in [-0.4, -0.2) is 15.6 Å². The molecule has 1 N–H and O–H groups in total. The van der Waals surface area contributed by atoms with Crippen LogP contribution in [0.1, 0.15) is 63.9 Å². The predicted molar refractivity (Wildman–Crippen MR) is 79.8 cm³/mol. The molecule has 0 fully saturated rings. The first kappa shape index (κ1) is 16.7. The van der Waals surface area contributed by atoms with Crippen molar-refractivity contribution in [3.8, 4) is 0 Å². The van der Waals surface area contributed by atoms with Crippen molar-refractivity contribution in [1.82, 2.24) is 4.57 Å². The summed E-state index contributed by atoms with van der Waals surface area (Å²) in [5, 5.41) is 9.00. The van der Waals surface area contributed by atoms with Crippen LogP contribution in [0.15, 0.2) is 6.20 Å². The van der Waals surface area contributed by atoms with E-state index in [2.05, 4.69) is 18.4 Å². The number of carbonyl (C=O) groups is 1. The van der Waals surface area contributed by atoms with Crippen LogP contribution in [0.3, 0.4) is 0 Å². The Hall–Kier alpha value is -1.32. The van der Waals surface area contributed by atoms with E-state index < -0.39 is 5.97 Å². The van der Waals surface area contributed by atoms with Gasteiger partial charge in [0.1, 0.15) is 11.9 Å². The van der Waals surface area contributed by atoms with Gasteiger partial charge in [0.15, 0.2) is 6.54 Å². The van der Waals surface area contributed by atoms with E-state index in [1.54, 1.807) is 0 Å². The SMILES string of the molecule is CCCCCCCCc1n(CC)c(C)c[n+]1CC(=O)O. The summed E-state index contributed by atoms with van der Waals surface area (Å²) < 4.78 is 4.13. The van der Waals surface area contributed by atoms with Crippen LogP contribution in [0.4, 0.5) is 0 Å². The van der Waals surface area contributed by atoms with Gasteiger partial charge in [-0.3, -0.25) is 0 Å². The molecule has 1 rings (SSSR count). The molecule has 20 heavy (non-hydrogen) atoms. The molecule has 0 saturated carbocycles. The minimum Gasteiger partial charge on any atom is -0.478 e. The van der Waals surface area contributed by atoms with Gasteiger partial charge in [0, 0.05) is 13.3 Å². The van der Waals surface area contributed by atoms with E-state index in [4.69, 9.17) is 5.11 Å². The Balaban J connectivity index is 2.59. The van der Waals surface area contributed by atoms with Gasteiger partial charge in [-0.1, -0.05) is 39.0 Å². The Kier molecular flexibility index (Phi) is 7.34. The molecular weight excluding hydrogens is 252 g/mol. The number of carboxylic acid groups (broad SMARTS) is 1. The molecule has 0 bridgehead atoms. The smallest absolute Gasteiger partial charge is 0.346 e.